The van der Waals surface area contributed by atoms with E-state index in [1.54, 1.807) is 0 Å². The molecule has 1 amide bonds. The summed E-state index contributed by atoms with van der Waals surface area (Å²) in [7, 11) is 0. The second kappa shape index (κ2) is 9.04. The lowest BCUT2D eigenvalue weighted by Crippen LogP contribution is -2.38. The Kier molecular flexibility index (Phi) is 8.49. The molecule has 1 saturated carbocycles. The molecule has 4 N–H and O–H groups in total. The minimum atomic E-state index is -0.296. The van der Waals surface area contributed by atoms with E-state index >= 15 is 0 Å². The molecule has 0 saturated heterocycles. The van der Waals surface area contributed by atoms with Gasteiger partial charge < -0.3 is 16.4 Å². The molecular weight excluding hydrogens is 333 g/mol. The zero-order valence-corrected chi connectivity index (χ0v) is 11.9. The molecule has 1 aliphatic rings. The van der Waals surface area contributed by atoms with Gasteiger partial charge in [0.1, 0.15) is 13.1 Å². The number of carbonyl (C=O) groups is 1. The highest BCUT2D eigenvalue weighted by molar-refractivity contribution is 14.0. The van der Waals surface area contributed by atoms with E-state index in [1.807, 2.05) is 6.07 Å². The maximum Gasteiger partial charge on any atom is 0.242 e. The van der Waals surface area contributed by atoms with Crippen LogP contribution in [0.3, 0.4) is 0 Å². The quantitative estimate of drug-likeness (QED) is 0.280. The molecule has 0 aromatic carbocycles. The van der Waals surface area contributed by atoms with Crippen molar-refractivity contribution in [2.75, 3.05) is 19.6 Å². The number of aliphatic imine (C=N–C) groups is 1. The van der Waals surface area contributed by atoms with Crippen molar-refractivity contribution in [3.05, 3.63) is 0 Å². The van der Waals surface area contributed by atoms with Crippen molar-refractivity contribution in [2.24, 2.45) is 16.6 Å². The summed E-state index contributed by atoms with van der Waals surface area (Å²) in [6, 6.07) is 1.81. The van der Waals surface area contributed by atoms with Gasteiger partial charge in [0, 0.05) is 6.54 Å². The number of hydrogen-bond acceptors (Lipinski definition) is 3. The molecule has 0 radical (unpaired) electrons. The second-order valence-electron chi connectivity index (χ2n) is 3.81. The van der Waals surface area contributed by atoms with Crippen LogP contribution in [-0.4, -0.2) is 31.5 Å². The number of nitrogens with zero attached hydrogens (tertiary/aromatic N) is 2. The largest absolute Gasteiger partial charge is 0.370 e. The predicted octanol–water partition coefficient (Wildman–Crippen LogP) is -0.0514. The fraction of sp³-hybridized carbons (Fsp3) is 0.700. The predicted molar refractivity (Wildman–Crippen MR) is 75.9 cm³/mol. The van der Waals surface area contributed by atoms with Crippen molar-refractivity contribution in [3.63, 3.8) is 0 Å². The van der Waals surface area contributed by atoms with Crippen LogP contribution in [0.1, 0.15) is 19.3 Å². The van der Waals surface area contributed by atoms with Gasteiger partial charge in [-0.15, -0.1) is 24.0 Å². The number of nitrogens with one attached hydrogen (secondary N) is 2. The van der Waals surface area contributed by atoms with Gasteiger partial charge in [0.15, 0.2) is 5.96 Å². The Labute approximate surface area is 118 Å². The van der Waals surface area contributed by atoms with Gasteiger partial charge in [-0.1, -0.05) is 6.42 Å². The van der Waals surface area contributed by atoms with Gasteiger partial charge in [0.05, 0.1) is 6.07 Å². The van der Waals surface area contributed by atoms with Crippen molar-refractivity contribution in [1.82, 2.24) is 10.6 Å². The minimum Gasteiger partial charge on any atom is -0.370 e. The Morgan fingerprint density at radius 1 is 1.47 bits per heavy atom. The Balaban J connectivity index is 0.00000256. The molecule has 7 heteroatoms. The topological polar surface area (TPSA) is 103 Å². The number of hydrogen-bond donors (Lipinski definition) is 3. The van der Waals surface area contributed by atoms with Crippen molar-refractivity contribution in [3.8, 4) is 6.07 Å². The highest BCUT2D eigenvalue weighted by atomic mass is 127. The average molecular weight is 351 g/mol. The summed E-state index contributed by atoms with van der Waals surface area (Å²) in [4.78, 5) is 14.9. The molecule has 0 bridgehead atoms. The van der Waals surface area contributed by atoms with Crippen molar-refractivity contribution in [1.29, 1.82) is 5.26 Å². The van der Waals surface area contributed by atoms with Crippen LogP contribution in [-0.2, 0) is 4.79 Å². The Bertz CT molecular complexity index is 308. The molecule has 1 aliphatic carbocycles. The standard InChI is InChI=1S/C10H17N5O.HI/c11-4-5-13-9(16)7-15-10(12)14-6-8-2-1-3-8;/h8H,1-3,5-7H2,(H,13,16)(H3,12,14,15);1H. The molecule has 1 rings (SSSR count). The molecule has 6 nitrogen and oxygen atoms in total. The van der Waals surface area contributed by atoms with Crippen LogP contribution in [0.2, 0.25) is 0 Å². The zero-order valence-electron chi connectivity index (χ0n) is 9.61. The molecule has 96 valence electrons. The maximum atomic E-state index is 11.1. The second-order valence-corrected chi connectivity index (χ2v) is 3.81. The lowest BCUT2D eigenvalue weighted by Gasteiger charge is -2.25. The van der Waals surface area contributed by atoms with Crippen LogP contribution in [0.25, 0.3) is 0 Å². The van der Waals surface area contributed by atoms with Crippen LogP contribution in [0.5, 0.6) is 0 Å². The summed E-state index contributed by atoms with van der Waals surface area (Å²) in [6.07, 6.45) is 3.77. The van der Waals surface area contributed by atoms with Gasteiger partial charge >= 0.3 is 0 Å². The van der Waals surface area contributed by atoms with Crippen LogP contribution in [0, 0.1) is 17.2 Å². The van der Waals surface area contributed by atoms with Crippen molar-refractivity contribution in [2.45, 2.75) is 19.3 Å². The molecule has 0 aromatic rings. The molecule has 1 fully saturated rings. The van der Waals surface area contributed by atoms with Crippen LogP contribution in [0.4, 0.5) is 0 Å². The summed E-state index contributed by atoms with van der Waals surface area (Å²) in [5, 5.41) is 13.6. The first kappa shape index (κ1) is 16.0. The summed E-state index contributed by atoms with van der Waals surface area (Å²) in [6.45, 7) is 0.796. The normalized spacial score (nSPS) is 15.1. The van der Waals surface area contributed by atoms with Crippen molar-refractivity contribution < 1.29 is 4.79 Å². The molecule has 0 aromatic heterocycles. The van der Waals surface area contributed by atoms with Crippen molar-refractivity contribution >= 4 is 35.8 Å². The number of carbonyl (C=O) groups excluding carboxylic acids is 1. The van der Waals surface area contributed by atoms with E-state index in [0.717, 1.165) is 6.54 Å². The SMILES string of the molecule is I.N#CCNC(=O)CN=C(N)NCC1CCC1. The molecule has 17 heavy (non-hydrogen) atoms. The zero-order chi connectivity index (χ0) is 11.8. The minimum absolute atomic E-state index is 0. The summed E-state index contributed by atoms with van der Waals surface area (Å²) >= 11 is 0. The number of guanidine groups is 1. The third-order valence-electron chi connectivity index (χ3n) is 2.55. The summed E-state index contributed by atoms with van der Waals surface area (Å²) in [5.41, 5.74) is 5.57. The molecule has 0 aliphatic heterocycles. The van der Waals surface area contributed by atoms with Gasteiger partial charge in [0.2, 0.25) is 5.91 Å². The van der Waals surface area contributed by atoms with Crippen LogP contribution < -0.4 is 16.4 Å². The first-order chi connectivity index (χ1) is 7.72. The lowest BCUT2D eigenvalue weighted by molar-refractivity contribution is -0.119. The van der Waals surface area contributed by atoms with Crippen LogP contribution in [0.15, 0.2) is 4.99 Å². The first-order valence-corrected chi connectivity index (χ1v) is 5.40. The fourth-order valence-electron chi connectivity index (χ4n) is 1.35. The van der Waals surface area contributed by atoms with Gasteiger partial charge in [-0.05, 0) is 18.8 Å². The third-order valence-corrected chi connectivity index (χ3v) is 2.55. The first-order valence-electron chi connectivity index (χ1n) is 5.40. The lowest BCUT2D eigenvalue weighted by atomic mass is 9.85. The van der Waals surface area contributed by atoms with Gasteiger partial charge in [-0.3, -0.25) is 4.79 Å². The molecular formula is C10H18IN5O. The van der Waals surface area contributed by atoms with E-state index in [-0.39, 0.29) is 43.0 Å². The smallest absolute Gasteiger partial charge is 0.242 e. The third kappa shape index (κ3) is 6.99. The van der Waals surface area contributed by atoms with E-state index < -0.39 is 0 Å². The Morgan fingerprint density at radius 2 is 2.18 bits per heavy atom. The van der Waals surface area contributed by atoms with Gasteiger partial charge in [-0.2, -0.15) is 5.26 Å². The molecule has 0 unspecified atom stereocenters. The maximum absolute atomic E-state index is 11.1. The highest BCUT2D eigenvalue weighted by Gasteiger charge is 2.16. The fourth-order valence-corrected chi connectivity index (χ4v) is 1.35. The van der Waals surface area contributed by atoms with Gasteiger partial charge in [-0.25, -0.2) is 4.99 Å². The summed E-state index contributed by atoms with van der Waals surface area (Å²) in [5.74, 6) is 0.690. The van der Waals surface area contributed by atoms with Gasteiger partial charge in [0.25, 0.3) is 0 Å². The molecule has 0 spiro atoms. The number of halogens is 1. The van der Waals surface area contributed by atoms with E-state index in [1.165, 1.54) is 19.3 Å². The molecule has 0 atom stereocenters. The van der Waals surface area contributed by atoms with Crippen LogP contribution >= 0.6 is 24.0 Å². The van der Waals surface area contributed by atoms with E-state index in [2.05, 4.69) is 15.6 Å². The average Bonchev–Trinajstić information content (AvgIpc) is 2.21. The van der Waals surface area contributed by atoms with E-state index in [4.69, 9.17) is 11.0 Å². The highest BCUT2D eigenvalue weighted by Crippen LogP contribution is 2.24. The monoisotopic (exact) mass is 351 g/mol. The molecule has 0 heterocycles. The number of nitriles is 1. The van der Waals surface area contributed by atoms with E-state index in [0.29, 0.717) is 11.9 Å². The number of rotatable bonds is 5. The summed E-state index contributed by atoms with van der Waals surface area (Å²) < 4.78 is 0. The van der Waals surface area contributed by atoms with E-state index in [9.17, 15) is 4.79 Å². The number of amides is 1. The Hall–Kier alpha value is -1.04. The Morgan fingerprint density at radius 3 is 2.71 bits per heavy atom. The number of nitrogens with two attached hydrogens (primary N) is 1.